The van der Waals surface area contributed by atoms with Gasteiger partial charge >= 0.3 is 6.03 Å². The van der Waals surface area contributed by atoms with Crippen molar-refractivity contribution in [3.8, 4) is 0 Å². The number of carbonyl (C=O) groups is 1. The number of aliphatic hydroxyl groups excluding tert-OH is 1. The number of hydrogen-bond donors (Lipinski definition) is 3. The molecule has 0 fully saturated rings. The van der Waals surface area contributed by atoms with Crippen LogP contribution in [0.2, 0.25) is 0 Å². The Bertz CT molecular complexity index is 581. The van der Waals surface area contributed by atoms with Crippen LogP contribution in [0.5, 0.6) is 0 Å². The fourth-order valence-electron chi connectivity index (χ4n) is 2.00. The maximum atomic E-state index is 11.8. The zero-order valence-corrected chi connectivity index (χ0v) is 14.2. The van der Waals surface area contributed by atoms with E-state index in [0.717, 1.165) is 23.4 Å². The van der Waals surface area contributed by atoms with Crippen LogP contribution in [-0.2, 0) is 0 Å². The Kier molecular flexibility index (Phi) is 6.29. The smallest absolute Gasteiger partial charge is 0.321 e. The highest BCUT2D eigenvalue weighted by Crippen LogP contribution is 2.27. The molecule has 0 aromatic carbocycles. The van der Waals surface area contributed by atoms with Crippen molar-refractivity contribution in [2.45, 2.75) is 38.7 Å². The summed E-state index contributed by atoms with van der Waals surface area (Å²) in [6.45, 7) is 4.38. The van der Waals surface area contributed by atoms with E-state index in [2.05, 4.69) is 34.7 Å². The lowest BCUT2D eigenvalue weighted by Gasteiger charge is -2.10. The Morgan fingerprint density at radius 2 is 2.14 bits per heavy atom. The van der Waals surface area contributed by atoms with Gasteiger partial charge in [-0.1, -0.05) is 25.2 Å². The molecule has 120 valence electrons. The van der Waals surface area contributed by atoms with Gasteiger partial charge in [0.1, 0.15) is 5.01 Å². The number of thiophene rings is 1. The lowest BCUT2D eigenvalue weighted by molar-refractivity contribution is 0.175. The number of carbonyl (C=O) groups excluding carboxylic acids is 1. The number of anilines is 1. The average molecular weight is 340 g/mol. The van der Waals surface area contributed by atoms with Crippen LogP contribution in [0.15, 0.2) is 16.8 Å². The van der Waals surface area contributed by atoms with Crippen LogP contribution in [0, 0.1) is 0 Å². The van der Waals surface area contributed by atoms with Crippen LogP contribution < -0.4 is 10.6 Å². The van der Waals surface area contributed by atoms with Crippen molar-refractivity contribution in [1.82, 2.24) is 15.5 Å². The van der Waals surface area contributed by atoms with Crippen LogP contribution in [0.4, 0.5) is 9.93 Å². The molecule has 0 radical (unpaired) electrons. The van der Waals surface area contributed by atoms with E-state index < -0.39 is 6.10 Å². The fraction of sp³-hybridized carbons (Fsp3) is 0.500. The molecule has 0 aliphatic carbocycles. The van der Waals surface area contributed by atoms with Gasteiger partial charge in [0.05, 0.1) is 6.10 Å². The van der Waals surface area contributed by atoms with E-state index in [9.17, 15) is 9.90 Å². The topological polar surface area (TPSA) is 87.1 Å². The van der Waals surface area contributed by atoms with Gasteiger partial charge in [-0.3, -0.25) is 5.32 Å². The summed E-state index contributed by atoms with van der Waals surface area (Å²) in [5.74, 6) is 0.386. The summed E-state index contributed by atoms with van der Waals surface area (Å²) >= 11 is 2.90. The summed E-state index contributed by atoms with van der Waals surface area (Å²) in [4.78, 5) is 11.8. The van der Waals surface area contributed by atoms with Gasteiger partial charge in [-0.25, -0.2) is 4.79 Å². The van der Waals surface area contributed by atoms with Crippen molar-refractivity contribution >= 4 is 33.8 Å². The zero-order chi connectivity index (χ0) is 15.9. The normalized spacial score (nSPS) is 12.4. The van der Waals surface area contributed by atoms with Gasteiger partial charge in [0.15, 0.2) is 0 Å². The third-order valence-electron chi connectivity index (χ3n) is 3.38. The lowest BCUT2D eigenvalue weighted by atomic mass is 10.1. The van der Waals surface area contributed by atoms with Gasteiger partial charge < -0.3 is 10.4 Å². The Morgan fingerprint density at radius 1 is 1.36 bits per heavy atom. The van der Waals surface area contributed by atoms with E-state index in [1.165, 1.54) is 22.7 Å². The molecule has 2 aromatic rings. The van der Waals surface area contributed by atoms with Gasteiger partial charge in [0.25, 0.3) is 0 Å². The molecule has 3 N–H and O–H groups in total. The van der Waals surface area contributed by atoms with Crippen molar-refractivity contribution in [3.63, 3.8) is 0 Å². The SMILES string of the molecule is CCC(CC)c1nnc(NC(=O)NCC(O)c2ccsc2)s1. The molecule has 1 unspecified atom stereocenters. The maximum absolute atomic E-state index is 11.8. The van der Waals surface area contributed by atoms with Crippen molar-refractivity contribution in [2.24, 2.45) is 0 Å². The Morgan fingerprint density at radius 3 is 2.77 bits per heavy atom. The molecule has 2 aromatic heterocycles. The quantitative estimate of drug-likeness (QED) is 0.721. The summed E-state index contributed by atoms with van der Waals surface area (Å²) in [6, 6.07) is 1.45. The minimum absolute atomic E-state index is 0.154. The second kappa shape index (κ2) is 8.21. The van der Waals surface area contributed by atoms with E-state index in [1.54, 1.807) is 0 Å². The van der Waals surface area contributed by atoms with Crippen molar-refractivity contribution in [1.29, 1.82) is 0 Å². The largest absolute Gasteiger partial charge is 0.387 e. The molecule has 0 spiro atoms. The molecule has 6 nitrogen and oxygen atoms in total. The molecule has 2 amide bonds. The van der Waals surface area contributed by atoms with Crippen molar-refractivity contribution < 1.29 is 9.90 Å². The van der Waals surface area contributed by atoms with E-state index in [1.807, 2.05) is 16.8 Å². The highest BCUT2D eigenvalue weighted by molar-refractivity contribution is 7.15. The molecule has 0 aliphatic heterocycles. The molecule has 8 heteroatoms. The molecule has 22 heavy (non-hydrogen) atoms. The van der Waals surface area contributed by atoms with E-state index in [4.69, 9.17) is 0 Å². The van der Waals surface area contributed by atoms with E-state index >= 15 is 0 Å². The average Bonchev–Trinajstić information content (AvgIpc) is 3.18. The molecule has 2 rings (SSSR count). The summed E-state index contributed by atoms with van der Waals surface area (Å²) < 4.78 is 0. The highest BCUT2D eigenvalue weighted by atomic mass is 32.1. The summed E-state index contributed by atoms with van der Waals surface area (Å²) in [5.41, 5.74) is 0.803. The number of nitrogens with zero attached hydrogens (tertiary/aromatic N) is 2. The monoisotopic (exact) mass is 340 g/mol. The third-order valence-corrected chi connectivity index (χ3v) is 5.08. The molecular formula is C14H20N4O2S2. The summed E-state index contributed by atoms with van der Waals surface area (Å²) in [5, 5.41) is 28.5. The molecule has 0 saturated carbocycles. The first-order valence-electron chi connectivity index (χ1n) is 7.22. The molecule has 0 bridgehead atoms. The Balaban J connectivity index is 1.82. The molecule has 0 aliphatic rings. The number of amides is 2. The number of hydrogen-bond acceptors (Lipinski definition) is 6. The van der Waals surface area contributed by atoms with Gasteiger partial charge in [-0.15, -0.1) is 10.2 Å². The minimum Gasteiger partial charge on any atom is -0.387 e. The first-order chi connectivity index (χ1) is 10.6. The predicted octanol–water partition coefficient (Wildman–Crippen LogP) is 3.36. The third kappa shape index (κ3) is 4.49. The summed E-state index contributed by atoms with van der Waals surface area (Å²) in [7, 11) is 0. The van der Waals surface area contributed by atoms with Crippen LogP contribution in [0.1, 0.15) is 49.3 Å². The maximum Gasteiger partial charge on any atom is 0.321 e. The molecular weight excluding hydrogens is 320 g/mol. The van der Waals surface area contributed by atoms with Crippen LogP contribution in [0.25, 0.3) is 0 Å². The number of aliphatic hydroxyl groups is 1. The standard InChI is InChI=1S/C14H20N4O2S2/c1-3-9(4-2)12-17-18-14(22-12)16-13(20)15-7-11(19)10-5-6-21-8-10/h5-6,8-9,11,19H,3-4,7H2,1-2H3,(H2,15,16,18,20). The van der Waals surface area contributed by atoms with E-state index in [0.29, 0.717) is 11.0 Å². The van der Waals surface area contributed by atoms with Gasteiger partial charge in [0.2, 0.25) is 5.13 Å². The molecule has 1 atom stereocenters. The highest BCUT2D eigenvalue weighted by Gasteiger charge is 2.15. The fourth-order valence-corrected chi connectivity index (χ4v) is 3.71. The Labute approximate surface area is 137 Å². The number of rotatable bonds is 7. The second-order valence-electron chi connectivity index (χ2n) is 4.87. The zero-order valence-electron chi connectivity index (χ0n) is 12.6. The molecule has 0 saturated heterocycles. The van der Waals surface area contributed by atoms with Crippen molar-refractivity contribution in [2.75, 3.05) is 11.9 Å². The van der Waals surface area contributed by atoms with Crippen molar-refractivity contribution in [3.05, 3.63) is 27.4 Å². The predicted molar refractivity (Wildman–Crippen MR) is 89.5 cm³/mol. The van der Waals surface area contributed by atoms with Gasteiger partial charge in [-0.2, -0.15) is 11.3 Å². The van der Waals surface area contributed by atoms with E-state index in [-0.39, 0.29) is 12.6 Å². The summed E-state index contributed by atoms with van der Waals surface area (Å²) in [6.07, 6.45) is 1.31. The minimum atomic E-state index is -0.702. The molecule has 2 heterocycles. The van der Waals surface area contributed by atoms with Crippen LogP contribution in [-0.4, -0.2) is 27.9 Å². The van der Waals surface area contributed by atoms with Crippen LogP contribution in [0.3, 0.4) is 0 Å². The van der Waals surface area contributed by atoms with Gasteiger partial charge in [-0.05, 0) is 35.2 Å². The number of nitrogens with one attached hydrogen (secondary N) is 2. The lowest BCUT2D eigenvalue weighted by Crippen LogP contribution is -2.32. The van der Waals surface area contributed by atoms with Gasteiger partial charge in [0, 0.05) is 12.5 Å². The first-order valence-corrected chi connectivity index (χ1v) is 8.98. The number of urea groups is 1. The number of aromatic nitrogens is 2. The van der Waals surface area contributed by atoms with Crippen LogP contribution >= 0.6 is 22.7 Å². The second-order valence-corrected chi connectivity index (χ2v) is 6.66. The Hall–Kier alpha value is -1.51. The first kappa shape index (κ1) is 16.9.